The Bertz CT molecular complexity index is 412. The molecule has 2 rings (SSSR count). The van der Waals surface area contributed by atoms with E-state index in [4.69, 9.17) is 0 Å². The van der Waals surface area contributed by atoms with E-state index < -0.39 is 0 Å². The molecule has 0 saturated heterocycles. The van der Waals surface area contributed by atoms with E-state index in [0.29, 0.717) is 11.3 Å². The molecule has 4 heteroatoms. The zero-order valence-corrected chi connectivity index (χ0v) is 8.15. The molecule has 2 aromatic rings. The summed E-state index contributed by atoms with van der Waals surface area (Å²) >= 11 is 3.31. The first-order valence-corrected chi connectivity index (χ1v) is 4.46. The Morgan fingerprint density at radius 2 is 2.15 bits per heavy atom. The van der Waals surface area contributed by atoms with Crippen LogP contribution in [0.15, 0.2) is 39.5 Å². The zero-order valence-electron chi connectivity index (χ0n) is 6.57. The molecule has 0 saturated carbocycles. The molecule has 0 unspecified atom stereocenters. The summed E-state index contributed by atoms with van der Waals surface area (Å²) < 4.78 is 5.58. The van der Waals surface area contributed by atoms with Gasteiger partial charge in [0.05, 0.1) is 0 Å². The number of phenols is 1. The van der Waals surface area contributed by atoms with E-state index in [0.717, 1.165) is 4.47 Å². The van der Waals surface area contributed by atoms with Gasteiger partial charge in [0.1, 0.15) is 17.7 Å². The lowest BCUT2D eigenvalue weighted by Crippen LogP contribution is -1.78. The van der Waals surface area contributed by atoms with Crippen molar-refractivity contribution in [3.8, 4) is 17.0 Å². The molecule has 66 valence electrons. The van der Waals surface area contributed by atoms with Crippen molar-refractivity contribution in [2.24, 2.45) is 0 Å². The van der Waals surface area contributed by atoms with Gasteiger partial charge in [0.15, 0.2) is 0 Å². The molecule has 0 aliphatic carbocycles. The fraction of sp³-hybridized carbons (Fsp3) is 0. The zero-order chi connectivity index (χ0) is 9.26. The van der Waals surface area contributed by atoms with Crippen molar-refractivity contribution in [3.05, 3.63) is 35.0 Å². The molecule has 0 aliphatic heterocycles. The summed E-state index contributed by atoms with van der Waals surface area (Å²) in [6, 6.07) is 6.85. The van der Waals surface area contributed by atoms with E-state index in [2.05, 4.69) is 25.6 Å². The van der Waals surface area contributed by atoms with Crippen LogP contribution >= 0.6 is 15.9 Å². The first-order valence-electron chi connectivity index (χ1n) is 3.66. The largest absolute Gasteiger partial charge is 0.507 e. The molecule has 0 radical (unpaired) electrons. The van der Waals surface area contributed by atoms with Gasteiger partial charge < -0.3 is 9.63 Å². The van der Waals surface area contributed by atoms with Crippen LogP contribution in [-0.2, 0) is 0 Å². The number of halogens is 1. The Hall–Kier alpha value is -1.29. The molecular formula is C9H6BrNO2. The molecule has 1 aromatic heterocycles. The average molecular weight is 240 g/mol. The van der Waals surface area contributed by atoms with Gasteiger partial charge in [-0.05, 0) is 18.2 Å². The molecule has 0 amide bonds. The molecule has 1 heterocycles. The summed E-state index contributed by atoms with van der Waals surface area (Å²) in [5, 5.41) is 13.2. The van der Waals surface area contributed by atoms with Crippen LogP contribution in [0.4, 0.5) is 0 Å². The second kappa shape index (κ2) is 3.22. The van der Waals surface area contributed by atoms with Crippen LogP contribution in [-0.4, -0.2) is 10.3 Å². The third-order valence-electron chi connectivity index (χ3n) is 1.67. The summed E-state index contributed by atoms with van der Waals surface area (Å²) in [6.45, 7) is 0. The smallest absolute Gasteiger partial charge is 0.125 e. The minimum Gasteiger partial charge on any atom is -0.507 e. The monoisotopic (exact) mass is 239 g/mol. The lowest BCUT2D eigenvalue weighted by molar-refractivity contribution is 0.421. The predicted molar refractivity (Wildman–Crippen MR) is 51.3 cm³/mol. The molecule has 0 atom stereocenters. The molecule has 1 aromatic carbocycles. The fourth-order valence-electron chi connectivity index (χ4n) is 1.06. The predicted octanol–water partition coefficient (Wildman–Crippen LogP) is 2.81. The van der Waals surface area contributed by atoms with E-state index in [-0.39, 0.29) is 5.75 Å². The number of benzene rings is 1. The SMILES string of the molecule is Oc1ccc(Br)cc1-c1ccon1. The van der Waals surface area contributed by atoms with Crippen molar-refractivity contribution < 1.29 is 9.63 Å². The fourth-order valence-corrected chi connectivity index (χ4v) is 1.43. The van der Waals surface area contributed by atoms with Crippen LogP contribution in [0.1, 0.15) is 0 Å². The summed E-state index contributed by atoms with van der Waals surface area (Å²) in [5.74, 6) is 0.192. The van der Waals surface area contributed by atoms with Crippen LogP contribution in [0, 0.1) is 0 Å². The first-order chi connectivity index (χ1) is 6.27. The second-order valence-corrected chi connectivity index (χ2v) is 3.46. The third-order valence-corrected chi connectivity index (χ3v) is 2.17. The number of phenolic OH excluding ortho intramolecular Hbond substituents is 1. The standard InChI is InChI=1S/C9H6BrNO2/c10-6-1-2-9(12)7(5-6)8-3-4-13-11-8/h1-5,12H. The Morgan fingerprint density at radius 3 is 2.85 bits per heavy atom. The van der Waals surface area contributed by atoms with E-state index >= 15 is 0 Å². The Kier molecular flexibility index (Phi) is 2.06. The Morgan fingerprint density at radius 1 is 1.31 bits per heavy atom. The highest BCUT2D eigenvalue weighted by atomic mass is 79.9. The summed E-state index contributed by atoms with van der Waals surface area (Å²) in [4.78, 5) is 0. The number of hydrogen-bond donors (Lipinski definition) is 1. The normalized spacial score (nSPS) is 10.2. The first kappa shape index (κ1) is 8.31. The van der Waals surface area contributed by atoms with Gasteiger partial charge in [-0.2, -0.15) is 0 Å². The number of aromatic nitrogens is 1. The second-order valence-electron chi connectivity index (χ2n) is 2.55. The quantitative estimate of drug-likeness (QED) is 0.833. The lowest BCUT2D eigenvalue weighted by atomic mass is 10.1. The molecular weight excluding hydrogens is 234 g/mol. The summed E-state index contributed by atoms with van der Waals surface area (Å²) in [7, 11) is 0. The van der Waals surface area contributed by atoms with Gasteiger partial charge in [-0.15, -0.1) is 0 Å². The van der Waals surface area contributed by atoms with E-state index in [1.807, 2.05) is 0 Å². The minimum atomic E-state index is 0.192. The maximum Gasteiger partial charge on any atom is 0.125 e. The molecule has 0 bridgehead atoms. The third kappa shape index (κ3) is 1.58. The number of rotatable bonds is 1. The summed E-state index contributed by atoms with van der Waals surface area (Å²) in [5.41, 5.74) is 1.28. The van der Waals surface area contributed by atoms with Crippen molar-refractivity contribution >= 4 is 15.9 Å². The maximum atomic E-state index is 9.50. The van der Waals surface area contributed by atoms with Gasteiger partial charge >= 0.3 is 0 Å². The van der Waals surface area contributed by atoms with Crippen molar-refractivity contribution in [2.75, 3.05) is 0 Å². The van der Waals surface area contributed by atoms with Gasteiger partial charge in [-0.1, -0.05) is 21.1 Å². The van der Waals surface area contributed by atoms with Gasteiger partial charge in [0.2, 0.25) is 0 Å². The van der Waals surface area contributed by atoms with Crippen molar-refractivity contribution in [2.45, 2.75) is 0 Å². The van der Waals surface area contributed by atoms with Crippen molar-refractivity contribution in [3.63, 3.8) is 0 Å². The summed E-state index contributed by atoms with van der Waals surface area (Å²) in [6.07, 6.45) is 1.47. The molecule has 0 fully saturated rings. The van der Waals surface area contributed by atoms with Crippen LogP contribution in [0.25, 0.3) is 11.3 Å². The number of nitrogens with zero attached hydrogens (tertiary/aromatic N) is 1. The molecule has 13 heavy (non-hydrogen) atoms. The lowest BCUT2D eigenvalue weighted by Gasteiger charge is -2.00. The maximum absolute atomic E-state index is 9.50. The highest BCUT2D eigenvalue weighted by molar-refractivity contribution is 9.10. The van der Waals surface area contributed by atoms with Crippen LogP contribution in [0.3, 0.4) is 0 Å². The van der Waals surface area contributed by atoms with Crippen molar-refractivity contribution in [1.29, 1.82) is 0 Å². The Labute approximate surface area is 83.1 Å². The van der Waals surface area contributed by atoms with Crippen LogP contribution < -0.4 is 0 Å². The highest BCUT2D eigenvalue weighted by Crippen LogP contribution is 2.30. The molecule has 0 aliphatic rings. The van der Waals surface area contributed by atoms with Gasteiger partial charge in [-0.25, -0.2) is 0 Å². The minimum absolute atomic E-state index is 0.192. The van der Waals surface area contributed by atoms with Crippen LogP contribution in [0.2, 0.25) is 0 Å². The molecule has 3 nitrogen and oxygen atoms in total. The van der Waals surface area contributed by atoms with E-state index in [1.165, 1.54) is 6.26 Å². The average Bonchev–Trinajstić information content (AvgIpc) is 2.61. The highest BCUT2D eigenvalue weighted by Gasteiger charge is 2.06. The van der Waals surface area contributed by atoms with Gasteiger partial charge in [-0.3, -0.25) is 0 Å². The van der Waals surface area contributed by atoms with Gasteiger partial charge in [0, 0.05) is 16.1 Å². The number of hydrogen-bond acceptors (Lipinski definition) is 3. The van der Waals surface area contributed by atoms with Crippen LogP contribution in [0.5, 0.6) is 5.75 Å². The topological polar surface area (TPSA) is 46.3 Å². The van der Waals surface area contributed by atoms with Crippen molar-refractivity contribution in [1.82, 2.24) is 5.16 Å². The van der Waals surface area contributed by atoms with E-state index in [9.17, 15) is 5.11 Å². The van der Waals surface area contributed by atoms with Gasteiger partial charge in [0.25, 0.3) is 0 Å². The van der Waals surface area contributed by atoms with E-state index in [1.54, 1.807) is 24.3 Å². The molecule has 1 N–H and O–H groups in total. The number of aromatic hydroxyl groups is 1. The molecule has 0 spiro atoms. The Balaban J connectivity index is 2.57.